The van der Waals surface area contributed by atoms with Crippen LogP contribution >= 0.6 is 0 Å². The topological polar surface area (TPSA) is 54.2 Å². The third-order valence-electron chi connectivity index (χ3n) is 3.55. The van der Waals surface area contributed by atoms with Gasteiger partial charge in [-0.3, -0.25) is 9.67 Å². The Morgan fingerprint density at radius 3 is 2.73 bits per heavy atom. The van der Waals surface area contributed by atoms with E-state index in [2.05, 4.69) is 65.0 Å². The Morgan fingerprint density at radius 1 is 1.23 bits per heavy atom. The number of aromatic nitrogens is 2. The average molecular weight is 299 g/mol. The highest BCUT2D eigenvalue weighted by molar-refractivity contribution is 5.79. The van der Waals surface area contributed by atoms with Crippen LogP contribution in [0.4, 0.5) is 0 Å². The van der Waals surface area contributed by atoms with E-state index in [4.69, 9.17) is 0 Å². The van der Waals surface area contributed by atoms with Gasteiger partial charge in [-0.15, -0.1) is 0 Å². The summed E-state index contributed by atoms with van der Waals surface area (Å²) in [5, 5.41) is 11.0. The lowest BCUT2D eigenvalue weighted by Crippen LogP contribution is -2.37. The number of nitrogens with one attached hydrogen (secondary N) is 2. The van der Waals surface area contributed by atoms with E-state index in [1.807, 2.05) is 10.9 Å². The smallest absolute Gasteiger partial charge is 0.191 e. The highest BCUT2D eigenvalue weighted by Gasteiger charge is 2.00. The number of aliphatic imine (C=N–C) groups is 1. The van der Waals surface area contributed by atoms with Crippen LogP contribution in [-0.2, 0) is 13.1 Å². The SMILES string of the molecule is CN=C(NCCCn1cc(C)cn1)NCc1ccccc1C. The van der Waals surface area contributed by atoms with Crippen molar-refractivity contribution in [1.82, 2.24) is 20.4 Å². The van der Waals surface area contributed by atoms with Crippen molar-refractivity contribution in [1.29, 1.82) is 0 Å². The molecule has 0 atom stereocenters. The van der Waals surface area contributed by atoms with Crippen molar-refractivity contribution in [2.24, 2.45) is 4.99 Å². The molecule has 0 spiro atoms. The first kappa shape index (κ1) is 16.1. The van der Waals surface area contributed by atoms with E-state index < -0.39 is 0 Å². The second-order valence-corrected chi connectivity index (χ2v) is 5.41. The van der Waals surface area contributed by atoms with Crippen LogP contribution in [0.15, 0.2) is 41.7 Å². The monoisotopic (exact) mass is 299 g/mol. The van der Waals surface area contributed by atoms with Gasteiger partial charge in [0, 0.05) is 32.9 Å². The molecule has 2 N–H and O–H groups in total. The van der Waals surface area contributed by atoms with E-state index in [0.717, 1.165) is 32.0 Å². The number of benzene rings is 1. The number of nitrogens with zero attached hydrogens (tertiary/aromatic N) is 3. The van der Waals surface area contributed by atoms with Gasteiger partial charge in [0.1, 0.15) is 0 Å². The van der Waals surface area contributed by atoms with Crippen molar-refractivity contribution in [3.8, 4) is 0 Å². The zero-order valence-electron chi connectivity index (χ0n) is 13.6. The molecule has 0 saturated heterocycles. The minimum Gasteiger partial charge on any atom is -0.356 e. The van der Waals surface area contributed by atoms with Crippen LogP contribution in [0.1, 0.15) is 23.1 Å². The summed E-state index contributed by atoms with van der Waals surface area (Å²) in [6.07, 6.45) is 4.95. The summed E-state index contributed by atoms with van der Waals surface area (Å²) in [5.74, 6) is 0.833. The van der Waals surface area contributed by atoms with Crippen LogP contribution in [0.2, 0.25) is 0 Å². The zero-order chi connectivity index (χ0) is 15.8. The van der Waals surface area contributed by atoms with Gasteiger partial charge in [0.05, 0.1) is 6.20 Å². The van der Waals surface area contributed by atoms with Gasteiger partial charge in [0.2, 0.25) is 0 Å². The molecule has 0 aliphatic carbocycles. The van der Waals surface area contributed by atoms with Crippen molar-refractivity contribution in [3.63, 3.8) is 0 Å². The molecule has 0 saturated carbocycles. The van der Waals surface area contributed by atoms with E-state index in [0.29, 0.717) is 0 Å². The first-order valence-corrected chi connectivity index (χ1v) is 7.67. The van der Waals surface area contributed by atoms with Gasteiger partial charge >= 0.3 is 0 Å². The lowest BCUT2D eigenvalue weighted by molar-refractivity contribution is 0.570. The molecule has 0 aliphatic rings. The number of hydrogen-bond donors (Lipinski definition) is 2. The maximum atomic E-state index is 4.28. The van der Waals surface area contributed by atoms with E-state index in [1.54, 1.807) is 7.05 Å². The normalized spacial score (nSPS) is 11.5. The molecule has 5 heteroatoms. The van der Waals surface area contributed by atoms with Crippen molar-refractivity contribution >= 4 is 5.96 Å². The predicted molar refractivity (Wildman–Crippen MR) is 91.0 cm³/mol. The Hall–Kier alpha value is -2.30. The molecule has 2 rings (SSSR count). The fourth-order valence-corrected chi connectivity index (χ4v) is 2.25. The molecule has 0 radical (unpaired) electrons. The van der Waals surface area contributed by atoms with Gasteiger partial charge in [0.15, 0.2) is 5.96 Å². The van der Waals surface area contributed by atoms with Gasteiger partial charge in [-0.05, 0) is 37.0 Å². The minimum atomic E-state index is 0.782. The van der Waals surface area contributed by atoms with Gasteiger partial charge in [-0.2, -0.15) is 5.10 Å². The minimum absolute atomic E-state index is 0.782. The van der Waals surface area contributed by atoms with Crippen molar-refractivity contribution in [3.05, 3.63) is 53.3 Å². The van der Waals surface area contributed by atoms with Gasteiger partial charge in [-0.1, -0.05) is 24.3 Å². The highest BCUT2D eigenvalue weighted by atomic mass is 15.3. The van der Waals surface area contributed by atoms with Crippen LogP contribution < -0.4 is 10.6 Å². The lowest BCUT2D eigenvalue weighted by atomic mass is 10.1. The molecular weight excluding hydrogens is 274 g/mol. The molecule has 5 nitrogen and oxygen atoms in total. The van der Waals surface area contributed by atoms with Crippen molar-refractivity contribution < 1.29 is 0 Å². The third kappa shape index (κ3) is 4.91. The van der Waals surface area contributed by atoms with Crippen LogP contribution in [0.5, 0.6) is 0 Å². The standard InChI is InChI=1S/C17H25N5/c1-14-11-21-22(13-14)10-6-9-19-17(18-3)20-12-16-8-5-4-7-15(16)2/h4-5,7-8,11,13H,6,9-10,12H2,1-3H3,(H2,18,19,20). The molecule has 22 heavy (non-hydrogen) atoms. The van der Waals surface area contributed by atoms with Crippen LogP contribution in [-0.4, -0.2) is 29.3 Å². The predicted octanol–water partition coefficient (Wildman–Crippen LogP) is 2.26. The van der Waals surface area contributed by atoms with Crippen molar-refractivity contribution in [2.45, 2.75) is 33.4 Å². The first-order valence-electron chi connectivity index (χ1n) is 7.67. The molecule has 0 unspecified atom stereocenters. The molecule has 1 aromatic carbocycles. The fraction of sp³-hybridized carbons (Fsp3) is 0.412. The summed E-state index contributed by atoms with van der Waals surface area (Å²) in [6.45, 7) is 6.74. The molecule has 0 bridgehead atoms. The third-order valence-corrected chi connectivity index (χ3v) is 3.55. The van der Waals surface area contributed by atoms with Crippen LogP contribution in [0.3, 0.4) is 0 Å². The van der Waals surface area contributed by atoms with Gasteiger partial charge in [0.25, 0.3) is 0 Å². The van der Waals surface area contributed by atoms with E-state index in [9.17, 15) is 0 Å². The van der Waals surface area contributed by atoms with E-state index >= 15 is 0 Å². The molecule has 1 aromatic heterocycles. The van der Waals surface area contributed by atoms with Crippen molar-refractivity contribution in [2.75, 3.05) is 13.6 Å². The molecule has 0 aliphatic heterocycles. The molecule has 0 amide bonds. The second-order valence-electron chi connectivity index (χ2n) is 5.41. The molecule has 0 fully saturated rings. The highest BCUT2D eigenvalue weighted by Crippen LogP contribution is 2.05. The Morgan fingerprint density at radius 2 is 2.05 bits per heavy atom. The Kier molecular flexibility index (Phi) is 6.01. The number of guanidine groups is 1. The van der Waals surface area contributed by atoms with Crippen LogP contribution in [0.25, 0.3) is 0 Å². The van der Waals surface area contributed by atoms with Gasteiger partial charge in [-0.25, -0.2) is 0 Å². The summed E-state index contributed by atoms with van der Waals surface area (Å²) >= 11 is 0. The Balaban J connectivity index is 1.70. The maximum Gasteiger partial charge on any atom is 0.191 e. The number of aryl methyl sites for hydroxylation is 3. The fourth-order valence-electron chi connectivity index (χ4n) is 2.25. The zero-order valence-corrected chi connectivity index (χ0v) is 13.6. The summed E-state index contributed by atoms with van der Waals surface area (Å²) in [7, 11) is 1.80. The number of hydrogen-bond acceptors (Lipinski definition) is 2. The Bertz CT molecular complexity index is 615. The summed E-state index contributed by atoms with van der Waals surface area (Å²) in [6, 6.07) is 8.38. The molecule has 118 valence electrons. The largest absolute Gasteiger partial charge is 0.356 e. The van der Waals surface area contributed by atoms with E-state index in [1.165, 1.54) is 16.7 Å². The number of rotatable bonds is 6. The average Bonchev–Trinajstić information content (AvgIpc) is 2.93. The van der Waals surface area contributed by atoms with E-state index in [-0.39, 0.29) is 0 Å². The quantitative estimate of drug-likeness (QED) is 0.489. The first-order chi connectivity index (χ1) is 10.7. The lowest BCUT2D eigenvalue weighted by Gasteiger charge is -2.13. The molecule has 1 heterocycles. The van der Waals surface area contributed by atoms with Gasteiger partial charge < -0.3 is 10.6 Å². The Labute approximate surface area is 132 Å². The van der Waals surface area contributed by atoms with Crippen LogP contribution in [0, 0.1) is 13.8 Å². The summed E-state index contributed by atoms with van der Waals surface area (Å²) < 4.78 is 1.97. The molecule has 2 aromatic rings. The summed E-state index contributed by atoms with van der Waals surface area (Å²) in [5.41, 5.74) is 3.78. The maximum absolute atomic E-state index is 4.28. The molecular formula is C17H25N5. The summed E-state index contributed by atoms with van der Waals surface area (Å²) in [4.78, 5) is 4.25. The second kappa shape index (κ2) is 8.22.